The zero-order chi connectivity index (χ0) is 23.2. The molecule has 0 aliphatic heterocycles. The number of hydrogen-bond acceptors (Lipinski definition) is 3. The van der Waals surface area contributed by atoms with E-state index in [4.69, 9.17) is 0 Å². The van der Waals surface area contributed by atoms with Crippen LogP contribution in [-0.4, -0.2) is 66.7 Å². The Hall–Kier alpha value is -0.690. The van der Waals surface area contributed by atoms with E-state index in [0.29, 0.717) is 0 Å². The first-order chi connectivity index (χ1) is 12.3. The average molecular weight is 453 g/mol. The molecule has 0 amide bonds. The van der Waals surface area contributed by atoms with Crippen molar-refractivity contribution < 1.29 is 52.6 Å². The maximum Gasteiger partial charge on any atom is 0.402 e. The number of nitrogens with zero attached hydrogens (tertiary/aromatic N) is 1. The van der Waals surface area contributed by atoms with Crippen LogP contribution in [0.5, 0.6) is 0 Å². The van der Waals surface area contributed by atoms with E-state index in [1.54, 1.807) is 0 Å². The van der Waals surface area contributed by atoms with Gasteiger partial charge < -0.3 is 9.04 Å². The zero-order valence-electron chi connectivity index (χ0n) is 16.3. The minimum Gasteiger partial charge on any atom is -0.743 e. The second-order valence-electron chi connectivity index (χ2n) is 6.18. The molecule has 0 bridgehead atoms. The average Bonchev–Trinajstić information content (AvgIpc) is 2.56. The van der Waals surface area contributed by atoms with E-state index in [0.717, 1.165) is 6.92 Å². The smallest absolute Gasteiger partial charge is 0.402 e. The molecule has 172 valence electrons. The molecule has 0 spiro atoms. The molecule has 0 radical (unpaired) electrons. The molecule has 0 aliphatic rings. The highest BCUT2D eigenvalue weighted by atomic mass is 32.2. The Morgan fingerprint density at radius 3 is 1.21 bits per heavy atom. The van der Waals surface area contributed by atoms with Gasteiger partial charge in [0.2, 0.25) is 0 Å². The van der Waals surface area contributed by atoms with Crippen LogP contribution in [0.2, 0.25) is 0 Å². The van der Waals surface area contributed by atoms with Crippen LogP contribution in [-0.2, 0) is 10.1 Å². The summed E-state index contributed by atoms with van der Waals surface area (Å²) in [7, 11) is -7.27. The van der Waals surface area contributed by atoms with Gasteiger partial charge in [-0.05, 0) is 27.7 Å². The Kier molecular flexibility index (Phi) is 10.4. The summed E-state index contributed by atoms with van der Waals surface area (Å²) in [5.41, 5.74) is 0. The topological polar surface area (TPSA) is 57.2 Å². The first kappa shape index (κ1) is 29.5. The third-order valence-corrected chi connectivity index (χ3v) is 5.66. The van der Waals surface area contributed by atoms with E-state index in [1.165, 1.54) is 30.7 Å². The third kappa shape index (κ3) is 5.68. The van der Waals surface area contributed by atoms with Gasteiger partial charge in [0.15, 0.2) is 10.1 Å². The quantitative estimate of drug-likeness (QED) is 0.273. The minimum absolute atomic E-state index is 0.769. The van der Waals surface area contributed by atoms with Crippen molar-refractivity contribution in [1.29, 1.82) is 0 Å². The van der Waals surface area contributed by atoms with Crippen LogP contribution in [0.4, 0.5) is 35.1 Å². The number of halogens is 8. The van der Waals surface area contributed by atoms with Crippen LogP contribution < -0.4 is 0 Å². The molecule has 0 aromatic carbocycles. The zero-order valence-corrected chi connectivity index (χ0v) is 17.2. The van der Waals surface area contributed by atoms with E-state index in [-0.39, 0.29) is 0 Å². The summed E-state index contributed by atoms with van der Waals surface area (Å²) in [6, 6.07) is 0. The Morgan fingerprint density at radius 1 is 0.714 bits per heavy atom. The SMILES string of the molecule is CCCC(F)(F)C(F)(F)C(F)(F)C(F)(F)S(=O)(=O)[O-].CC[N+](CC)(CC)CC. The standard InChI is InChI=1S/C8H20N.C7H8F8O3S/c1-5-9(6-2,7-3)8-4;1-2-3-4(8,9)5(10,11)6(12,13)7(14,15)19(16,17)18/h5-8H2,1-4H3;2-3H2,1H3,(H,16,17,18)/q+1;/p-1. The molecule has 28 heavy (non-hydrogen) atoms. The Balaban J connectivity index is 0. The summed E-state index contributed by atoms with van der Waals surface area (Å²) in [6.07, 6.45) is -2.67. The fraction of sp³-hybridized carbons (Fsp3) is 1.00. The molecule has 0 N–H and O–H groups in total. The van der Waals surface area contributed by atoms with Crippen molar-refractivity contribution in [2.45, 2.75) is 70.5 Å². The van der Waals surface area contributed by atoms with Gasteiger partial charge in [-0.25, -0.2) is 8.42 Å². The van der Waals surface area contributed by atoms with Crippen LogP contribution in [0.15, 0.2) is 0 Å². The molecular formula is C15H27F8NO3S. The molecule has 0 unspecified atom stereocenters. The Morgan fingerprint density at radius 2 is 1.04 bits per heavy atom. The molecule has 4 nitrogen and oxygen atoms in total. The third-order valence-electron chi connectivity index (χ3n) is 4.78. The first-order valence-corrected chi connectivity index (χ1v) is 10.0. The lowest BCUT2D eigenvalue weighted by Gasteiger charge is -2.37. The fourth-order valence-corrected chi connectivity index (χ4v) is 2.82. The van der Waals surface area contributed by atoms with E-state index in [9.17, 15) is 48.1 Å². The number of hydrogen-bond donors (Lipinski definition) is 0. The highest BCUT2D eigenvalue weighted by Crippen LogP contribution is 2.55. The van der Waals surface area contributed by atoms with Crippen molar-refractivity contribution in [2.75, 3.05) is 26.2 Å². The highest BCUT2D eigenvalue weighted by Gasteiger charge is 2.82. The van der Waals surface area contributed by atoms with Crippen molar-refractivity contribution in [3.63, 3.8) is 0 Å². The number of quaternary nitrogens is 1. The van der Waals surface area contributed by atoms with Crippen molar-refractivity contribution in [3.05, 3.63) is 0 Å². The van der Waals surface area contributed by atoms with E-state index < -0.39 is 46.0 Å². The summed E-state index contributed by atoms with van der Waals surface area (Å²) >= 11 is 0. The molecule has 0 saturated carbocycles. The molecule has 0 rings (SSSR count). The second-order valence-corrected chi connectivity index (χ2v) is 7.60. The van der Waals surface area contributed by atoms with Crippen molar-refractivity contribution in [2.24, 2.45) is 0 Å². The fourth-order valence-electron chi connectivity index (χ4n) is 2.38. The molecule has 13 heteroatoms. The number of rotatable bonds is 10. The van der Waals surface area contributed by atoms with Gasteiger partial charge in [-0.15, -0.1) is 0 Å². The summed E-state index contributed by atoms with van der Waals surface area (Å²) < 4.78 is 133. The van der Waals surface area contributed by atoms with Crippen LogP contribution in [0.3, 0.4) is 0 Å². The maximum absolute atomic E-state index is 12.8. The minimum atomic E-state index is -7.27. The monoisotopic (exact) mass is 453 g/mol. The normalized spacial score (nSPS) is 14.5. The van der Waals surface area contributed by atoms with Gasteiger partial charge in [-0.3, -0.25) is 0 Å². The molecule has 0 saturated heterocycles. The molecule has 0 aliphatic carbocycles. The van der Waals surface area contributed by atoms with Gasteiger partial charge in [-0.2, -0.15) is 35.1 Å². The molecule has 0 heterocycles. The van der Waals surface area contributed by atoms with Crippen LogP contribution in [0.1, 0.15) is 47.5 Å². The first-order valence-electron chi connectivity index (χ1n) is 8.62. The largest absolute Gasteiger partial charge is 0.743 e. The van der Waals surface area contributed by atoms with E-state index in [2.05, 4.69) is 27.7 Å². The lowest BCUT2D eigenvalue weighted by molar-refractivity contribution is -0.921. The molecule has 0 aromatic rings. The van der Waals surface area contributed by atoms with Crippen molar-refractivity contribution in [3.8, 4) is 0 Å². The summed E-state index contributed by atoms with van der Waals surface area (Å²) in [5.74, 6) is -19.4. The van der Waals surface area contributed by atoms with Crippen molar-refractivity contribution >= 4 is 10.1 Å². The molecule has 0 aromatic heterocycles. The van der Waals surface area contributed by atoms with Gasteiger partial charge >= 0.3 is 23.0 Å². The van der Waals surface area contributed by atoms with Crippen LogP contribution in [0.25, 0.3) is 0 Å². The lowest BCUT2D eigenvalue weighted by atomic mass is 10.0. The Bertz CT molecular complexity index is 560. The number of alkyl halides is 8. The van der Waals surface area contributed by atoms with E-state index in [1.807, 2.05) is 0 Å². The van der Waals surface area contributed by atoms with E-state index >= 15 is 0 Å². The van der Waals surface area contributed by atoms with Crippen LogP contribution in [0, 0.1) is 0 Å². The predicted molar refractivity (Wildman–Crippen MR) is 86.8 cm³/mol. The summed E-state index contributed by atoms with van der Waals surface area (Å²) in [6.45, 7) is 15.1. The molecule has 0 atom stereocenters. The van der Waals surface area contributed by atoms with Gasteiger partial charge in [0.1, 0.15) is 0 Å². The van der Waals surface area contributed by atoms with Gasteiger partial charge in [0.25, 0.3) is 0 Å². The molecule has 0 fully saturated rings. The molecular weight excluding hydrogens is 426 g/mol. The summed E-state index contributed by atoms with van der Waals surface area (Å²) in [4.78, 5) is 0. The predicted octanol–water partition coefficient (Wildman–Crippen LogP) is 4.71. The van der Waals surface area contributed by atoms with Gasteiger partial charge in [-0.1, -0.05) is 13.3 Å². The summed E-state index contributed by atoms with van der Waals surface area (Å²) in [5, 5.41) is -6.87. The Labute approximate surface area is 160 Å². The van der Waals surface area contributed by atoms with Crippen molar-refractivity contribution in [1.82, 2.24) is 0 Å². The van der Waals surface area contributed by atoms with Crippen LogP contribution >= 0.6 is 0 Å². The van der Waals surface area contributed by atoms with Gasteiger partial charge in [0.05, 0.1) is 26.2 Å². The van der Waals surface area contributed by atoms with Gasteiger partial charge in [0, 0.05) is 6.42 Å². The second kappa shape index (κ2) is 9.88. The lowest BCUT2D eigenvalue weighted by Crippen LogP contribution is -2.64. The maximum atomic E-state index is 12.8. The highest BCUT2D eigenvalue weighted by molar-refractivity contribution is 7.86.